The van der Waals surface area contributed by atoms with Crippen LogP contribution < -0.4 is 5.69 Å². The van der Waals surface area contributed by atoms with E-state index in [4.69, 9.17) is 0 Å². The lowest BCUT2D eigenvalue weighted by Gasteiger charge is -1.97. The Kier molecular flexibility index (Phi) is 2.62. The molecule has 0 fully saturated rings. The lowest BCUT2D eigenvalue weighted by molar-refractivity contribution is 0.102. The molecule has 0 aliphatic rings. The van der Waals surface area contributed by atoms with Crippen molar-refractivity contribution >= 4 is 22.3 Å². The van der Waals surface area contributed by atoms with Gasteiger partial charge in [0.25, 0.3) is 0 Å². The van der Waals surface area contributed by atoms with Crippen molar-refractivity contribution in [3.8, 4) is 0 Å². The summed E-state index contributed by atoms with van der Waals surface area (Å²) in [5.41, 5.74) is 1.09. The van der Waals surface area contributed by atoms with Crippen LogP contribution in [-0.4, -0.2) is 25.4 Å². The van der Waals surface area contributed by atoms with E-state index in [0.717, 1.165) is 9.90 Å². The third-order valence-corrected chi connectivity index (χ3v) is 3.45. The van der Waals surface area contributed by atoms with Crippen molar-refractivity contribution < 1.29 is 4.79 Å². The van der Waals surface area contributed by atoms with Crippen LogP contribution in [0.1, 0.15) is 16.2 Å². The number of para-hydroxylation sites is 1. The summed E-state index contributed by atoms with van der Waals surface area (Å²) in [4.78, 5) is 31.5. The quantitative estimate of drug-likeness (QED) is 0.571. The molecule has 2 heterocycles. The fourth-order valence-electron chi connectivity index (χ4n) is 2.40. The van der Waals surface area contributed by atoms with Gasteiger partial charge in [0.05, 0.1) is 5.52 Å². The number of carbonyl (C=O) groups is 1. The molecular weight excluding hydrogens is 280 g/mol. The lowest BCUT2D eigenvalue weighted by atomic mass is 10.1. The van der Waals surface area contributed by atoms with E-state index in [-0.39, 0.29) is 11.6 Å². The zero-order chi connectivity index (χ0) is 15.1. The Hall–Kier alpha value is -3.28. The molecule has 4 aromatic rings. The van der Waals surface area contributed by atoms with Gasteiger partial charge in [0, 0.05) is 10.9 Å². The third kappa shape index (κ3) is 1.81. The summed E-state index contributed by atoms with van der Waals surface area (Å²) in [5.74, 6) is -0.305. The first-order valence-electron chi connectivity index (χ1n) is 6.71. The van der Waals surface area contributed by atoms with E-state index in [2.05, 4.69) is 15.1 Å². The van der Waals surface area contributed by atoms with Crippen molar-refractivity contribution in [2.24, 2.45) is 0 Å². The van der Waals surface area contributed by atoms with E-state index in [1.165, 1.54) is 0 Å². The van der Waals surface area contributed by atoms with E-state index >= 15 is 0 Å². The number of H-pyrrole nitrogens is 1. The van der Waals surface area contributed by atoms with Crippen molar-refractivity contribution in [1.29, 1.82) is 0 Å². The highest BCUT2D eigenvalue weighted by atomic mass is 16.1. The van der Waals surface area contributed by atoms with Crippen LogP contribution in [0.5, 0.6) is 0 Å². The maximum Gasteiger partial charge on any atom is 0.348 e. The Bertz CT molecular complexity index is 1060. The molecule has 6 nitrogen and oxygen atoms in total. The summed E-state index contributed by atoms with van der Waals surface area (Å²) in [6.07, 6.45) is 0. The molecular formula is C16H10N4O2. The van der Waals surface area contributed by atoms with Crippen LogP contribution in [-0.2, 0) is 0 Å². The van der Waals surface area contributed by atoms with Crippen molar-refractivity contribution in [2.75, 3.05) is 0 Å². The number of fused-ring (bicyclic) bond motifs is 3. The smallest absolute Gasteiger partial charge is 0.305 e. The van der Waals surface area contributed by atoms with Gasteiger partial charge in [-0.3, -0.25) is 4.79 Å². The lowest BCUT2D eigenvalue weighted by Crippen LogP contribution is -2.17. The topological polar surface area (TPSA) is 80.1 Å². The Morgan fingerprint density at radius 3 is 2.55 bits per heavy atom. The molecule has 2 aromatic heterocycles. The van der Waals surface area contributed by atoms with Gasteiger partial charge in [0.15, 0.2) is 5.65 Å². The predicted molar refractivity (Wildman–Crippen MR) is 81.0 cm³/mol. The SMILES string of the molecule is O=C(c1ccccc1)c1nc2c3ccccc3[nH]c(=O)n2n1. The fourth-order valence-corrected chi connectivity index (χ4v) is 2.40. The van der Waals surface area contributed by atoms with Crippen molar-refractivity contribution in [1.82, 2.24) is 19.6 Å². The minimum atomic E-state index is -0.423. The molecule has 106 valence electrons. The zero-order valence-corrected chi connectivity index (χ0v) is 11.4. The highest BCUT2D eigenvalue weighted by molar-refractivity contribution is 6.07. The van der Waals surface area contributed by atoms with Crippen molar-refractivity contribution in [3.63, 3.8) is 0 Å². The average molecular weight is 290 g/mol. The number of hydrogen-bond donors (Lipinski definition) is 1. The molecule has 0 saturated carbocycles. The zero-order valence-electron chi connectivity index (χ0n) is 11.4. The van der Waals surface area contributed by atoms with Crippen LogP contribution in [0.4, 0.5) is 0 Å². The molecule has 0 spiro atoms. The number of rotatable bonds is 2. The van der Waals surface area contributed by atoms with Crippen molar-refractivity contribution in [2.45, 2.75) is 0 Å². The number of hydrogen-bond acceptors (Lipinski definition) is 4. The van der Waals surface area contributed by atoms with Gasteiger partial charge in [0.2, 0.25) is 11.6 Å². The van der Waals surface area contributed by atoms with Gasteiger partial charge in [-0.1, -0.05) is 42.5 Å². The van der Waals surface area contributed by atoms with E-state index in [1.54, 1.807) is 30.3 Å². The molecule has 4 rings (SSSR count). The molecule has 0 amide bonds. The minimum absolute atomic E-state index is 0.00746. The second kappa shape index (κ2) is 4.63. The predicted octanol–water partition coefficient (Wildman–Crippen LogP) is 1.80. The van der Waals surface area contributed by atoms with Gasteiger partial charge < -0.3 is 4.98 Å². The molecule has 0 aliphatic heterocycles. The molecule has 0 saturated heterocycles. The summed E-state index contributed by atoms with van der Waals surface area (Å²) < 4.78 is 1.12. The highest BCUT2D eigenvalue weighted by Gasteiger charge is 2.17. The van der Waals surface area contributed by atoms with E-state index < -0.39 is 5.69 Å². The Morgan fingerprint density at radius 2 is 1.73 bits per heavy atom. The first-order valence-corrected chi connectivity index (χ1v) is 6.71. The van der Waals surface area contributed by atoms with Gasteiger partial charge in [-0.15, -0.1) is 5.10 Å². The highest BCUT2D eigenvalue weighted by Crippen LogP contribution is 2.15. The normalized spacial score (nSPS) is 11.1. The summed E-state index contributed by atoms with van der Waals surface area (Å²) >= 11 is 0. The Labute approximate surface area is 124 Å². The molecule has 0 bridgehead atoms. The number of aromatic nitrogens is 4. The molecule has 1 N–H and O–H groups in total. The van der Waals surface area contributed by atoms with Crippen LogP contribution in [0.15, 0.2) is 59.4 Å². The van der Waals surface area contributed by atoms with Gasteiger partial charge >= 0.3 is 5.69 Å². The van der Waals surface area contributed by atoms with Gasteiger partial charge in [-0.25, -0.2) is 9.78 Å². The number of nitrogens with one attached hydrogen (secondary N) is 1. The van der Waals surface area contributed by atoms with Crippen molar-refractivity contribution in [3.05, 3.63) is 76.5 Å². The van der Waals surface area contributed by atoms with E-state index in [1.807, 2.05) is 24.3 Å². The summed E-state index contributed by atoms with van der Waals surface area (Å²) in [6, 6.07) is 16.0. The van der Waals surface area contributed by atoms with Crippen LogP contribution >= 0.6 is 0 Å². The number of benzene rings is 2. The standard InChI is InChI=1S/C16H10N4O2/c21-13(10-6-2-1-3-7-10)14-18-15-11-8-4-5-9-12(11)17-16(22)20(15)19-14/h1-9H,(H,17,22). The number of ketones is 1. The monoisotopic (exact) mass is 290 g/mol. The Balaban J connectivity index is 1.98. The second-order valence-electron chi connectivity index (χ2n) is 4.84. The van der Waals surface area contributed by atoms with Crippen LogP contribution in [0, 0.1) is 0 Å². The van der Waals surface area contributed by atoms with Gasteiger partial charge in [-0.05, 0) is 12.1 Å². The van der Waals surface area contributed by atoms with Gasteiger partial charge in [0.1, 0.15) is 0 Å². The summed E-state index contributed by atoms with van der Waals surface area (Å²) in [6.45, 7) is 0. The molecule has 2 aromatic carbocycles. The van der Waals surface area contributed by atoms with Crippen LogP contribution in [0.25, 0.3) is 16.6 Å². The van der Waals surface area contributed by atoms with E-state index in [9.17, 15) is 9.59 Å². The third-order valence-electron chi connectivity index (χ3n) is 3.45. The minimum Gasteiger partial charge on any atom is -0.305 e. The average Bonchev–Trinajstić information content (AvgIpc) is 3.01. The fraction of sp³-hybridized carbons (Fsp3) is 0. The number of aromatic amines is 1. The first kappa shape index (κ1) is 12.5. The number of nitrogens with zero attached hydrogens (tertiary/aromatic N) is 3. The molecule has 0 radical (unpaired) electrons. The maximum absolute atomic E-state index is 12.4. The molecule has 0 aliphatic carbocycles. The van der Waals surface area contributed by atoms with Gasteiger partial charge in [-0.2, -0.15) is 4.52 Å². The summed E-state index contributed by atoms with van der Waals surface area (Å²) in [5, 5.41) is 4.79. The summed E-state index contributed by atoms with van der Waals surface area (Å²) in [7, 11) is 0. The Morgan fingerprint density at radius 1 is 1.00 bits per heavy atom. The van der Waals surface area contributed by atoms with Crippen LogP contribution in [0.3, 0.4) is 0 Å². The second-order valence-corrected chi connectivity index (χ2v) is 4.84. The molecule has 0 atom stereocenters. The number of carbonyl (C=O) groups excluding carboxylic acids is 1. The van der Waals surface area contributed by atoms with E-state index in [0.29, 0.717) is 16.7 Å². The molecule has 6 heteroatoms. The molecule has 0 unspecified atom stereocenters. The molecule has 22 heavy (non-hydrogen) atoms. The van der Waals surface area contributed by atoms with Crippen LogP contribution in [0.2, 0.25) is 0 Å². The first-order chi connectivity index (χ1) is 10.7. The largest absolute Gasteiger partial charge is 0.348 e. The maximum atomic E-state index is 12.4.